The number of hydrogen-bond acceptors (Lipinski definition) is 6. The van der Waals surface area contributed by atoms with E-state index in [1.807, 2.05) is 6.92 Å². The van der Waals surface area contributed by atoms with Crippen molar-refractivity contribution in [2.24, 2.45) is 0 Å². The van der Waals surface area contributed by atoms with Crippen molar-refractivity contribution in [2.45, 2.75) is 45.2 Å². The molecule has 0 aromatic carbocycles. The van der Waals surface area contributed by atoms with E-state index in [1.165, 1.54) is 30.2 Å². The first kappa shape index (κ1) is 19.8. The van der Waals surface area contributed by atoms with E-state index >= 15 is 0 Å². The molecule has 2 aromatic rings. The van der Waals surface area contributed by atoms with Gasteiger partial charge in [-0.25, -0.2) is 13.8 Å². The molecule has 0 spiro atoms. The quantitative estimate of drug-likeness (QED) is 0.700. The first-order valence-corrected chi connectivity index (χ1v) is 8.96. The Hall–Kier alpha value is -2.91. The third kappa shape index (κ3) is 4.32. The molecule has 3 rings (SSSR count). The summed E-state index contributed by atoms with van der Waals surface area (Å²) in [7, 11) is 0. The summed E-state index contributed by atoms with van der Waals surface area (Å²) in [5.74, 6) is -0.647. The lowest BCUT2D eigenvalue weighted by atomic mass is 9.98. The summed E-state index contributed by atoms with van der Waals surface area (Å²) in [5, 5.41) is 8.33. The Morgan fingerprint density at radius 2 is 2.14 bits per heavy atom. The number of ketones is 1. The van der Waals surface area contributed by atoms with Gasteiger partial charge in [0.1, 0.15) is 11.3 Å². The van der Waals surface area contributed by atoms with Crippen LogP contribution in [-0.2, 0) is 0 Å². The topological polar surface area (TPSA) is 90.2 Å². The maximum Gasteiger partial charge on any atom is 0.272 e. The van der Waals surface area contributed by atoms with Crippen LogP contribution in [0.4, 0.5) is 8.78 Å². The number of likely N-dealkylation sites (tertiary alicyclic amines) is 1. The fourth-order valence-electron chi connectivity index (χ4n) is 3.14. The van der Waals surface area contributed by atoms with Crippen LogP contribution in [0.2, 0.25) is 0 Å². The van der Waals surface area contributed by atoms with Crippen molar-refractivity contribution in [3.63, 3.8) is 0 Å². The fraction of sp³-hybridized carbons (Fsp3) is 0.500. The SMILES string of the molecule is CC(=O)c1cnn([C@@H]2CC[C@@H](C)N(C(=O)c3cccnc3OCC(F)F)C2)n1. The summed E-state index contributed by atoms with van der Waals surface area (Å²) in [6.45, 7) is 2.83. The van der Waals surface area contributed by atoms with Crippen LogP contribution in [0.5, 0.6) is 5.88 Å². The molecule has 10 heteroatoms. The number of carbonyl (C=O) groups excluding carboxylic acids is 2. The van der Waals surface area contributed by atoms with Crippen LogP contribution < -0.4 is 4.74 Å². The van der Waals surface area contributed by atoms with Gasteiger partial charge in [0, 0.05) is 25.7 Å². The third-order valence-electron chi connectivity index (χ3n) is 4.66. The highest BCUT2D eigenvalue weighted by atomic mass is 19.3. The van der Waals surface area contributed by atoms with Gasteiger partial charge in [0.15, 0.2) is 12.4 Å². The number of halogens is 2. The molecule has 1 aliphatic rings. The zero-order valence-electron chi connectivity index (χ0n) is 15.6. The van der Waals surface area contributed by atoms with Crippen LogP contribution >= 0.6 is 0 Å². The van der Waals surface area contributed by atoms with Gasteiger partial charge in [0.05, 0.1) is 12.2 Å². The van der Waals surface area contributed by atoms with Crippen molar-refractivity contribution in [2.75, 3.05) is 13.2 Å². The van der Waals surface area contributed by atoms with E-state index in [0.29, 0.717) is 13.0 Å². The molecule has 0 unspecified atom stereocenters. The zero-order chi connectivity index (χ0) is 20.3. The molecule has 28 heavy (non-hydrogen) atoms. The van der Waals surface area contributed by atoms with Crippen molar-refractivity contribution in [1.82, 2.24) is 24.9 Å². The summed E-state index contributed by atoms with van der Waals surface area (Å²) < 4.78 is 30.0. The predicted octanol–water partition coefficient (Wildman–Crippen LogP) is 2.39. The van der Waals surface area contributed by atoms with Crippen molar-refractivity contribution in [3.8, 4) is 5.88 Å². The maximum atomic E-state index is 13.1. The molecule has 0 aliphatic carbocycles. The minimum absolute atomic E-state index is 0.0604. The Labute approximate surface area is 160 Å². The van der Waals surface area contributed by atoms with Gasteiger partial charge in [0.25, 0.3) is 12.3 Å². The molecule has 0 bridgehead atoms. The number of alkyl halides is 2. The van der Waals surface area contributed by atoms with E-state index in [9.17, 15) is 18.4 Å². The highest BCUT2D eigenvalue weighted by molar-refractivity contribution is 5.96. The fourth-order valence-corrected chi connectivity index (χ4v) is 3.14. The monoisotopic (exact) mass is 393 g/mol. The van der Waals surface area contributed by atoms with Crippen LogP contribution in [0.25, 0.3) is 0 Å². The van der Waals surface area contributed by atoms with Gasteiger partial charge < -0.3 is 9.64 Å². The molecule has 0 saturated carbocycles. The smallest absolute Gasteiger partial charge is 0.272 e. The third-order valence-corrected chi connectivity index (χ3v) is 4.66. The largest absolute Gasteiger partial charge is 0.471 e. The van der Waals surface area contributed by atoms with Gasteiger partial charge in [-0.2, -0.15) is 9.90 Å². The Balaban J connectivity index is 1.79. The van der Waals surface area contributed by atoms with E-state index in [2.05, 4.69) is 15.2 Å². The van der Waals surface area contributed by atoms with Gasteiger partial charge in [0.2, 0.25) is 5.88 Å². The van der Waals surface area contributed by atoms with Crippen molar-refractivity contribution in [3.05, 3.63) is 35.8 Å². The summed E-state index contributed by atoms with van der Waals surface area (Å²) in [5.41, 5.74) is 0.403. The minimum atomic E-state index is -2.66. The lowest BCUT2D eigenvalue weighted by Gasteiger charge is -2.37. The van der Waals surface area contributed by atoms with Gasteiger partial charge in [-0.1, -0.05) is 0 Å². The van der Waals surface area contributed by atoms with Gasteiger partial charge in [-0.3, -0.25) is 9.59 Å². The van der Waals surface area contributed by atoms with E-state index in [1.54, 1.807) is 11.0 Å². The number of rotatable bonds is 6. The molecule has 2 aromatic heterocycles. The molecular formula is C18H21F2N5O3. The standard InChI is InChI=1S/C18H21F2N5O3/c1-11-5-6-13(25-22-8-15(23-25)12(2)26)9-24(11)18(27)14-4-3-7-21-17(14)28-10-16(19)20/h3-4,7-8,11,13,16H,5-6,9-10H2,1-2H3/t11-,13-/m1/s1. The molecule has 1 aliphatic heterocycles. The zero-order valence-corrected chi connectivity index (χ0v) is 15.6. The number of pyridine rings is 1. The highest BCUT2D eigenvalue weighted by Gasteiger charge is 2.33. The minimum Gasteiger partial charge on any atom is -0.471 e. The molecule has 0 radical (unpaired) electrons. The second-order valence-electron chi connectivity index (χ2n) is 6.70. The first-order valence-electron chi connectivity index (χ1n) is 8.96. The van der Waals surface area contributed by atoms with Gasteiger partial charge >= 0.3 is 0 Å². The highest BCUT2D eigenvalue weighted by Crippen LogP contribution is 2.28. The van der Waals surface area contributed by atoms with Crippen LogP contribution in [0.3, 0.4) is 0 Å². The normalized spacial score (nSPS) is 19.7. The van der Waals surface area contributed by atoms with Crippen LogP contribution in [0.15, 0.2) is 24.5 Å². The Kier molecular flexibility index (Phi) is 5.96. The maximum absolute atomic E-state index is 13.1. The molecule has 2 atom stereocenters. The van der Waals surface area contributed by atoms with E-state index in [0.717, 1.165) is 6.42 Å². The molecule has 0 N–H and O–H groups in total. The summed E-state index contributed by atoms with van der Waals surface area (Å²) in [4.78, 5) is 31.5. The number of carbonyl (C=O) groups is 2. The van der Waals surface area contributed by atoms with Gasteiger partial charge in [-0.15, -0.1) is 5.10 Å². The van der Waals surface area contributed by atoms with Crippen LogP contribution in [0.1, 0.15) is 53.6 Å². The van der Waals surface area contributed by atoms with Crippen molar-refractivity contribution in [1.29, 1.82) is 0 Å². The number of hydrogen-bond donors (Lipinski definition) is 0. The lowest BCUT2D eigenvalue weighted by Crippen LogP contribution is -2.46. The van der Waals surface area contributed by atoms with Gasteiger partial charge in [-0.05, 0) is 31.9 Å². The Morgan fingerprint density at radius 1 is 1.36 bits per heavy atom. The Morgan fingerprint density at radius 3 is 2.82 bits per heavy atom. The van der Waals surface area contributed by atoms with E-state index < -0.39 is 13.0 Å². The number of ether oxygens (including phenoxy) is 1. The number of nitrogens with zero attached hydrogens (tertiary/aromatic N) is 5. The predicted molar refractivity (Wildman–Crippen MR) is 94.5 cm³/mol. The van der Waals surface area contributed by atoms with Crippen LogP contribution in [0, 0.1) is 0 Å². The second-order valence-corrected chi connectivity index (χ2v) is 6.70. The number of piperidine rings is 1. The van der Waals surface area contributed by atoms with E-state index in [-0.39, 0.29) is 40.9 Å². The number of Topliss-reactive ketones (excluding diaryl/α,β-unsaturated/α-hetero) is 1. The average Bonchev–Trinajstić information content (AvgIpc) is 3.17. The molecule has 1 amide bonds. The summed E-state index contributed by atoms with van der Waals surface area (Å²) in [6, 6.07) is 2.82. The molecular weight excluding hydrogens is 372 g/mol. The molecule has 1 fully saturated rings. The van der Waals surface area contributed by atoms with Crippen molar-refractivity contribution < 1.29 is 23.1 Å². The summed E-state index contributed by atoms with van der Waals surface area (Å²) >= 11 is 0. The summed E-state index contributed by atoms with van der Waals surface area (Å²) in [6.07, 6.45) is 1.59. The molecule has 8 nitrogen and oxygen atoms in total. The molecule has 1 saturated heterocycles. The van der Waals surface area contributed by atoms with Crippen molar-refractivity contribution >= 4 is 11.7 Å². The molecule has 3 heterocycles. The average molecular weight is 393 g/mol. The lowest BCUT2D eigenvalue weighted by molar-refractivity contribution is 0.0526. The Bertz CT molecular complexity index is 857. The number of aromatic nitrogens is 4. The van der Waals surface area contributed by atoms with E-state index in [4.69, 9.17) is 4.74 Å². The molecule has 150 valence electrons. The first-order chi connectivity index (χ1) is 13.4. The van der Waals surface area contributed by atoms with Crippen LogP contribution in [-0.4, -0.2) is 62.2 Å². The number of amides is 1. The second kappa shape index (κ2) is 8.41.